The second kappa shape index (κ2) is 4.58. The Labute approximate surface area is 107 Å². The third-order valence-electron chi connectivity index (χ3n) is 3.64. The van der Waals surface area contributed by atoms with Crippen LogP contribution in [0.4, 0.5) is 5.82 Å². The van der Waals surface area contributed by atoms with E-state index in [2.05, 4.69) is 16.4 Å². The van der Waals surface area contributed by atoms with Crippen molar-refractivity contribution in [2.24, 2.45) is 5.92 Å². The van der Waals surface area contributed by atoms with Gasteiger partial charge in [0, 0.05) is 12.3 Å². The first-order valence-electron chi connectivity index (χ1n) is 6.53. The lowest BCUT2D eigenvalue weighted by Crippen LogP contribution is -2.31. The van der Waals surface area contributed by atoms with E-state index >= 15 is 0 Å². The van der Waals surface area contributed by atoms with Gasteiger partial charge in [-0.1, -0.05) is 0 Å². The second-order valence-electron chi connectivity index (χ2n) is 5.21. The first-order valence-corrected chi connectivity index (χ1v) is 6.53. The molecule has 0 aromatic carbocycles. The maximum Gasteiger partial charge on any atom is 0.127 e. The van der Waals surface area contributed by atoms with E-state index in [1.165, 1.54) is 12.8 Å². The summed E-state index contributed by atoms with van der Waals surface area (Å²) in [5.74, 6) is 1.53. The molecule has 1 saturated carbocycles. The van der Waals surface area contributed by atoms with Gasteiger partial charge in [-0.2, -0.15) is 5.26 Å². The van der Waals surface area contributed by atoms with Crippen LogP contribution < -0.4 is 5.32 Å². The minimum absolute atomic E-state index is 0.331. The Balaban J connectivity index is 1.75. The molecule has 0 amide bonds. The number of aryl methyl sites for hydroxylation is 1. The summed E-state index contributed by atoms with van der Waals surface area (Å²) in [6.07, 6.45) is 3.93. The second-order valence-corrected chi connectivity index (χ2v) is 5.21. The van der Waals surface area contributed by atoms with Gasteiger partial charge in [0.1, 0.15) is 5.82 Å². The molecule has 4 nitrogen and oxygen atoms in total. The highest BCUT2D eigenvalue weighted by Crippen LogP contribution is 2.39. The molecule has 2 heterocycles. The summed E-state index contributed by atoms with van der Waals surface area (Å²) in [7, 11) is 0. The normalized spacial score (nSPS) is 26.9. The first kappa shape index (κ1) is 11.5. The van der Waals surface area contributed by atoms with E-state index in [4.69, 9.17) is 10.00 Å². The fourth-order valence-electron chi connectivity index (χ4n) is 2.65. The summed E-state index contributed by atoms with van der Waals surface area (Å²) in [4.78, 5) is 4.44. The number of nitrogens with zero attached hydrogens (tertiary/aromatic N) is 2. The fraction of sp³-hybridized carbons (Fsp3) is 0.571. The number of pyridine rings is 1. The monoisotopic (exact) mass is 243 g/mol. The van der Waals surface area contributed by atoms with Crippen molar-refractivity contribution in [1.82, 2.24) is 4.98 Å². The smallest absolute Gasteiger partial charge is 0.127 e. The molecule has 0 radical (unpaired) electrons. The number of rotatable bonds is 3. The summed E-state index contributed by atoms with van der Waals surface area (Å²) in [6, 6.07) is 6.13. The molecule has 2 aliphatic rings. The lowest BCUT2D eigenvalue weighted by Gasteiger charge is -2.20. The average molecular weight is 243 g/mol. The molecular weight excluding hydrogens is 226 g/mol. The van der Waals surface area contributed by atoms with Gasteiger partial charge in [0.05, 0.1) is 23.8 Å². The van der Waals surface area contributed by atoms with E-state index in [1.807, 2.05) is 13.0 Å². The van der Waals surface area contributed by atoms with E-state index in [0.29, 0.717) is 17.7 Å². The molecule has 2 fully saturated rings. The van der Waals surface area contributed by atoms with Gasteiger partial charge >= 0.3 is 0 Å². The number of aromatic nitrogens is 1. The highest BCUT2D eigenvalue weighted by molar-refractivity contribution is 5.45. The van der Waals surface area contributed by atoms with Gasteiger partial charge in [0.25, 0.3) is 0 Å². The third-order valence-corrected chi connectivity index (χ3v) is 3.64. The molecule has 1 aromatic rings. The van der Waals surface area contributed by atoms with Crippen molar-refractivity contribution in [2.45, 2.75) is 38.3 Å². The van der Waals surface area contributed by atoms with Crippen LogP contribution in [0.2, 0.25) is 0 Å². The van der Waals surface area contributed by atoms with Gasteiger partial charge in [0.15, 0.2) is 0 Å². The van der Waals surface area contributed by atoms with E-state index in [0.717, 1.165) is 30.5 Å². The van der Waals surface area contributed by atoms with Crippen LogP contribution in [-0.2, 0) is 4.74 Å². The van der Waals surface area contributed by atoms with E-state index < -0.39 is 0 Å². The molecule has 1 N–H and O–H groups in total. The zero-order chi connectivity index (χ0) is 12.5. The molecule has 3 rings (SSSR count). The number of anilines is 1. The standard InChI is InChI=1S/C14H17N3O/c1-9-6-10(8-15)7-13(16-9)17-12-4-5-18-14(12)11-2-3-11/h6-7,11-12,14H,2-5H2,1H3,(H,16,17). The average Bonchev–Trinajstić information content (AvgIpc) is 3.10. The van der Waals surface area contributed by atoms with Crippen molar-refractivity contribution < 1.29 is 4.74 Å². The third kappa shape index (κ3) is 2.32. The Bertz CT molecular complexity index is 490. The minimum Gasteiger partial charge on any atom is -0.376 e. The Morgan fingerprint density at radius 1 is 1.39 bits per heavy atom. The number of nitrogens with one attached hydrogen (secondary N) is 1. The highest BCUT2D eigenvalue weighted by Gasteiger charge is 2.40. The number of hydrogen-bond acceptors (Lipinski definition) is 4. The predicted molar refractivity (Wildman–Crippen MR) is 68.2 cm³/mol. The largest absolute Gasteiger partial charge is 0.376 e. The van der Waals surface area contributed by atoms with Gasteiger partial charge in [-0.15, -0.1) is 0 Å². The zero-order valence-electron chi connectivity index (χ0n) is 10.5. The minimum atomic E-state index is 0.331. The quantitative estimate of drug-likeness (QED) is 0.884. The number of hydrogen-bond donors (Lipinski definition) is 1. The molecule has 1 aliphatic heterocycles. The maximum atomic E-state index is 8.97. The van der Waals surface area contributed by atoms with Crippen LogP contribution in [0.25, 0.3) is 0 Å². The lowest BCUT2D eigenvalue weighted by atomic mass is 10.1. The molecule has 1 saturated heterocycles. The summed E-state index contributed by atoms with van der Waals surface area (Å²) in [6.45, 7) is 2.74. The molecule has 2 atom stereocenters. The highest BCUT2D eigenvalue weighted by atomic mass is 16.5. The summed E-state index contributed by atoms with van der Waals surface area (Å²) < 4.78 is 5.79. The summed E-state index contributed by atoms with van der Waals surface area (Å²) in [5.41, 5.74) is 1.53. The van der Waals surface area contributed by atoms with E-state index in [-0.39, 0.29) is 0 Å². The predicted octanol–water partition coefficient (Wildman–Crippen LogP) is 2.24. The molecule has 94 valence electrons. The molecule has 0 bridgehead atoms. The van der Waals surface area contributed by atoms with Crippen LogP contribution in [0.1, 0.15) is 30.5 Å². The van der Waals surface area contributed by atoms with Gasteiger partial charge in [-0.25, -0.2) is 4.98 Å². The number of nitriles is 1. The molecule has 4 heteroatoms. The van der Waals surface area contributed by atoms with Gasteiger partial charge in [-0.3, -0.25) is 0 Å². The Morgan fingerprint density at radius 3 is 2.94 bits per heavy atom. The van der Waals surface area contributed by atoms with Crippen LogP contribution in [-0.4, -0.2) is 23.7 Å². The molecule has 1 aliphatic carbocycles. The fourth-order valence-corrected chi connectivity index (χ4v) is 2.65. The van der Waals surface area contributed by atoms with E-state index in [1.54, 1.807) is 6.07 Å². The maximum absolute atomic E-state index is 8.97. The van der Waals surface area contributed by atoms with Crippen LogP contribution in [0.3, 0.4) is 0 Å². The van der Waals surface area contributed by atoms with Crippen molar-refractivity contribution in [3.63, 3.8) is 0 Å². The zero-order valence-corrected chi connectivity index (χ0v) is 10.5. The summed E-state index contributed by atoms with van der Waals surface area (Å²) >= 11 is 0. The van der Waals surface area contributed by atoms with Crippen LogP contribution >= 0.6 is 0 Å². The first-order chi connectivity index (χ1) is 8.76. The molecule has 1 aromatic heterocycles. The molecule has 18 heavy (non-hydrogen) atoms. The molecular formula is C14H17N3O. The SMILES string of the molecule is Cc1cc(C#N)cc(NC2CCOC2C2CC2)n1. The Morgan fingerprint density at radius 2 is 2.22 bits per heavy atom. The molecule has 2 unspecified atom stereocenters. The Kier molecular flexibility index (Phi) is 2.92. The van der Waals surface area contributed by atoms with Crippen LogP contribution in [0.15, 0.2) is 12.1 Å². The molecule has 0 spiro atoms. The van der Waals surface area contributed by atoms with E-state index in [9.17, 15) is 0 Å². The van der Waals surface area contributed by atoms with Crippen molar-refractivity contribution in [2.75, 3.05) is 11.9 Å². The number of ether oxygens (including phenoxy) is 1. The summed E-state index contributed by atoms with van der Waals surface area (Å²) in [5, 5.41) is 12.4. The van der Waals surface area contributed by atoms with Gasteiger partial charge in [-0.05, 0) is 44.2 Å². The van der Waals surface area contributed by atoms with Crippen molar-refractivity contribution in [3.8, 4) is 6.07 Å². The Hall–Kier alpha value is -1.60. The van der Waals surface area contributed by atoms with Crippen molar-refractivity contribution >= 4 is 5.82 Å². The van der Waals surface area contributed by atoms with Gasteiger partial charge in [0.2, 0.25) is 0 Å². The lowest BCUT2D eigenvalue weighted by molar-refractivity contribution is 0.0898. The van der Waals surface area contributed by atoms with Gasteiger partial charge < -0.3 is 10.1 Å². The van der Waals surface area contributed by atoms with Crippen LogP contribution in [0, 0.1) is 24.2 Å². The van der Waals surface area contributed by atoms with Crippen molar-refractivity contribution in [3.05, 3.63) is 23.4 Å². The topological polar surface area (TPSA) is 57.9 Å². The van der Waals surface area contributed by atoms with Crippen molar-refractivity contribution in [1.29, 1.82) is 5.26 Å². The van der Waals surface area contributed by atoms with Crippen LogP contribution in [0.5, 0.6) is 0 Å².